The number of carbonyl (C=O) groups is 2. The van der Waals surface area contributed by atoms with Crippen molar-refractivity contribution in [3.63, 3.8) is 0 Å². The van der Waals surface area contributed by atoms with E-state index in [9.17, 15) is 19.1 Å². The molecule has 140 valence electrons. The van der Waals surface area contributed by atoms with Gasteiger partial charge in [0.05, 0.1) is 6.61 Å². The van der Waals surface area contributed by atoms with Crippen LogP contribution in [0.1, 0.15) is 15.9 Å². The Bertz CT molecular complexity index is 1000. The third-order valence-corrected chi connectivity index (χ3v) is 3.70. The predicted octanol–water partition coefficient (Wildman–Crippen LogP) is 1.01. The molecule has 3 N–H and O–H groups in total. The van der Waals surface area contributed by atoms with Crippen LogP contribution >= 0.6 is 0 Å². The van der Waals surface area contributed by atoms with Gasteiger partial charge in [-0.15, -0.1) is 0 Å². The molecule has 0 saturated heterocycles. The van der Waals surface area contributed by atoms with Gasteiger partial charge in [-0.25, -0.2) is 9.37 Å². The van der Waals surface area contributed by atoms with E-state index in [0.717, 1.165) is 6.33 Å². The summed E-state index contributed by atoms with van der Waals surface area (Å²) in [4.78, 5) is 26.6. The molecule has 1 aromatic carbocycles. The molecule has 0 spiro atoms. The van der Waals surface area contributed by atoms with Crippen LogP contribution < -0.4 is 10.1 Å². The van der Waals surface area contributed by atoms with Gasteiger partial charge >= 0.3 is 5.97 Å². The lowest BCUT2D eigenvalue weighted by atomic mass is 10.1. The van der Waals surface area contributed by atoms with E-state index in [2.05, 4.69) is 15.4 Å². The molecule has 0 aliphatic heterocycles. The number of fused-ring (bicyclic) bond motifs is 1. The number of halogens is 1. The molecule has 3 aromatic rings. The molecule has 10 heteroatoms. The Morgan fingerprint density at radius 3 is 2.81 bits per heavy atom. The fraction of sp³-hybridized carbons (Fsp3) is 0.176. The van der Waals surface area contributed by atoms with Crippen molar-refractivity contribution >= 4 is 17.5 Å². The van der Waals surface area contributed by atoms with Crippen molar-refractivity contribution in [3.05, 3.63) is 53.6 Å². The van der Waals surface area contributed by atoms with E-state index in [1.165, 1.54) is 16.6 Å². The molecule has 0 saturated carbocycles. The molecular formula is C17H15FN4O5. The first-order valence-electron chi connectivity index (χ1n) is 7.89. The fourth-order valence-electron chi connectivity index (χ4n) is 2.47. The van der Waals surface area contributed by atoms with Crippen LogP contribution in [0.2, 0.25) is 0 Å². The van der Waals surface area contributed by atoms with Crippen LogP contribution in [-0.4, -0.2) is 49.8 Å². The number of aromatic hydroxyl groups is 1. The van der Waals surface area contributed by atoms with Gasteiger partial charge in [-0.2, -0.15) is 9.61 Å². The number of amides is 1. The van der Waals surface area contributed by atoms with Gasteiger partial charge in [-0.3, -0.25) is 9.59 Å². The highest BCUT2D eigenvalue weighted by Crippen LogP contribution is 2.27. The minimum atomic E-state index is -1.23. The highest BCUT2D eigenvalue weighted by molar-refractivity contribution is 6.03. The highest BCUT2D eigenvalue weighted by Gasteiger charge is 2.21. The number of carbonyl (C=O) groups excluding carboxylic acids is 1. The first-order valence-corrected chi connectivity index (χ1v) is 7.89. The molecule has 0 aliphatic rings. The monoisotopic (exact) mass is 374 g/mol. The van der Waals surface area contributed by atoms with Crippen LogP contribution in [0.15, 0.2) is 36.7 Å². The summed E-state index contributed by atoms with van der Waals surface area (Å²) in [5, 5.41) is 24.9. The van der Waals surface area contributed by atoms with Gasteiger partial charge in [0.25, 0.3) is 5.91 Å². The number of pyridine rings is 1. The molecule has 3 rings (SSSR count). The molecule has 0 bridgehead atoms. The summed E-state index contributed by atoms with van der Waals surface area (Å²) in [6.45, 7) is -0.515. The summed E-state index contributed by atoms with van der Waals surface area (Å²) in [6, 6.07) is 7.45. The summed E-state index contributed by atoms with van der Waals surface area (Å²) in [5.41, 5.74) is 0.246. The zero-order valence-electron chi connectivity index (χ0n) is 13.9. The third-order valence-electron chi connectivity index (χ3n) is 3.70. The maximum atomic E-state index is 13.6. The number of carboxylic acids is 1. The molecular weight excluding hydrogens is 359 g/mol. The lowest BCUT2D eigenvalue weighted by Crippen LogP contribution is -2.29. The smallest absolute Gasteiger partial charge is 0.322 e. The topological polar surface area (TPSA) is 126 Å². The molecule has 0 radical (unpaired) electrons. The maximum Gasteiger partial charge on any atom is 0.322 e. The van der Waals surface area contributed by atoms with E-state index >= 15 is 0 Å². The van der Waals surface area contributed by atoms with Crippen molar-refractivity contribution in [3.8, 4) is 11.6 Å². The zero-order valence-corrected chi connectivity index (χ0v) is 13.9. The van der Waals surface area contributed by atoms with Crippen LogP contribution in [-0.2, 0) is 11.2 Å². The summed E-state index contributed by atoms with van der Waals surface area (Å²) in [7, 11) is 0. The van der Waals surface area contributed by atoms with Crippen molar-refractivity contribution in [1.82, 2.24) is 19.9 Å². The number of nitrogens with zero attached hydrogens (tertiary/aromatic N) is 3. The second-order valence-corrected chi connectivity index (χ2v) is 5.50. The largest absolute Gasteiger partial charge is 0.507 e. The number of aromatic nitrogens is 3. The Labute approximate surface area is 152 Å². The molecule has 1 amide bonds. The van der Waals surface area contributed by atoms with Gasteiger partial charge < -0.3 is 20.3 Å². The Morgan fingerprint density at radius 2 is 2.07 bits per heavy atom. The molecule has 0 atom stereocenters. The van der Waals surface area contributed by atoms with Gasteiger partial charge in [0.2, 0.25) is 5.88 Å². The molecule has 0 fully saturated rings. The van der Waals surface area contributed by atoms with E-state index < -0.39 is 24.2 Å². The molecule has 0 aliphatic carbocycles. The summed E-state index contributed by atoms with van der Waals surface area (Å²) >= 11 is 0. The predicted molar refractivity (Wildman–Crippen MR) is 90.2 cm³/mol. The van der Waals surface area contributed by atoms with E-state index in [-0.39, 0.29) is 35.9 Å². The van der Waals surface area contributed by atoms with E-state index in [1.807, 2.05) is 0 Å². The van der Waals surface area contributed by atoms with Crippen LogP contribution in [0.4, 0.5) is 4.39 Å². The van der Waals surface area contributed by atoms with E-state index in [1.54, 1.807) is 18.2 Å². The minimum absolute atomic E-state index is 0.00113. The SMILES string of the molecule is O=C(O)CNC(=O)c1c(O)cc(OCCc2ccccc2F)n2ncnc12. The minimum Gasteiger partial charge on any atom is -0.507 e. The van der Waals surface area contributed by atoms with Gasteiger partial charge in [-0.1, -0.05) is 18.2 Å². The second-order valence-electron chi connectivity index (χ2n) is 5.50. The first-order chi connectivity index (χ1) is 13.0. The molecule has 2 heterocycles. The third kappa shape index (κ3) is 3.94. The second kappa shape index (κ2) is 7.68. The van der Waals surface area contributed by atoms with Gasteiger partial charge in [0, 0.05) is 12.5 Å². The van der Waals surface area contributed by atoms with E-state index in [4.69, 9.17) is 9.84 Å². The van der Waals surface area contributed by atoms with Crippen molar-refractivity contribution < 1.29 is 28.9 Å². The first kappa shape index (κ1) is 18.1. The number of carboxylic acid groups (broad SMARTS) is 1. The Hall–Kier alpha value is -3.69. The van der Waals surface area contributed by atoms with E-state index in [0.29, 0.717) is 5.56 Å². The van der Waals surface area contributed by atoms with Crippen molar-refractivity contribution in [2.45, 2.75) is 6.42 Å². The van der Waals surface area contributed by atoms with Gasteiger partial charge in [-0.05, 0) is 11.6 Å². The zero-order chi connectivity index (χ0) is 19.4. The summed E-state index contributed by atoms with van der Waals surface area (Å²) < 4.78 is 20.4. The lowest BCUT2D eigenvalue weighted by Gasteiger charge is -2.11. The normalized spacial score (nSPS) is 10.7. The molecule has 9 nitrogen and oxygen atoms in total. The maximum absolute atomic E-state index is 13.6. The fourth-order valence-corrected chi connectivity index (χ4v) is 2.47. The summed E-state index contributed by atoms with van der Waals surface area (Å²) in [5.74, 6) is -2.73. The standard InChI is InChI=1S/C17H15FN4O5/c18-11-4-2-1-3-10(11)5-6-27-13-7-12(23)15(16-20-9-21-22(13)16)17(26)19-8-14(24)25/h1-4,7,9,23H,5-6,8H2,(H,19,26)(H,24,25). The number of hydrogen-bond donors (Lipinski definition) is 3. The van der Waals surface area contributed by atoms with Crippen molar-refractivity contribution in [2.24, 2.45) is 0 Å². The quantitative estimate of drug-likeness (QED) is 0.563. The number of nitrogens with one attached hydrogen (secondary N) is 1. The number of ether oxygens (including phenoxy) is 1. The molecule has 27 heavy (non-hydrogen) atoms. The van der Waals surface area contributed by atoms with Crippen LogP contribution in [0, 0.1) is 5.82 Å². The number of rotatable bonds is 7. The number of hydrogen-bond acceptors (Lipinski definition) is 6. The van der Waals surface area contributed by atoms with Crippen molar-refractivity contribution in [1.29, 1.82) is 0 Å². The van der Waals surface area contributed by atoms with Crippen LogP contribution in [0.5, 0.6) is 11.6 Å². The lowest BCUT2D eigenvalue weighted by molar-refractivity contribution is -0.135. The highest BCUT2D eigenvalue weighted by atomic mass is 19.1. The average Bonchev–Trinajstić information content (AvgIpc) is 3.11. The van der Waals surface area contributed by atoms with Crippen LogP contribution in [0.25, 0.3) is 5.65 Å². The van der Waals surface area contributed by atoms with Crippen LogP contribution in [0.3, 0.4) is 0 Å². The Balaban J connectivity index is 1.80. The summed E-state index contributed by atoms with van der Waals surface area (Å²) in [6.07, 6.45) is 1.44. The Kier molecular flexibility index (Phi) is 5.15. The molecule has 2 aromatic heterocycles. The molecule has 0 unspecified atom stereocenters. The number of benzene rings is 1. The number of aliphatic carboxylic acids is 1. The van der Waals surface area contributed by atoms with Gasteiger partial charge in [0.1, 0.15) is 30.0 Å². The van der Waals surface area contributed by atoms with Gasteiger partial charge in [0.15, 0.2) is 5.65 Å². The Morgan fingerprint density at radius 1 is 1.30 bits per heavy atom. The average molecular weight is 374 g/mol. The van der Waals surface area contributed by atoms with Crippen molar-refractivity contribution in [2.75, 3.05) is 13.2 Å².